The highest BCUT2D eigenvalue weighted by Crippen LogP contribution is 2.21. The fraction of sp³-hybridized carbons (Fsp3) is 0.273. The standard InChI is InChI=1S/C11H11BrClN3/c1-8-2-3-10(12)11(6-8)16-7-9(4-5-13)14-15-16/h2-3,6-7H,4-5H2,1H3. The minimum Gasteiger partial charge on any atom is -0.219 e. The van der Waals surface area contributed by atoms with Crippen molar-refractivity contribution < 1.29 is 0 Å². The largest absolute Gasteiger partial charge is 0.219 e. The van der Waals surface area contributed by atoms with E-state index in [0.29, 0.717) is 5.88 Å². The van der Waals surface area contributed by atoms with E-state index < -0.39 is 0 Å². The molecule has 0 spiro atoms. The number of hydrogen-bond acceptors (Lipinski definition) is 2. The maximum absolute atomic E-state index is 5.66. The molecule has 2 rings (SSSR count). The van der Waals surface area contributed by atoms with Gasteiger partial charge in [-0.05, 0) is 40.5 Å². The molecule has 5 heteroatoms. The van der Waals surface area contributed by atoms with Gasteiger partial charge in [0.15, 0.2) is 0 Å². The molecule has 1 aromatic carbocycles. The SMILES string of the molecule is Cc1ccc(Br)c(-n2cc(CCCl)nn2)c1. The summed E-state index contributed by atoms with van der Waals surface area (Å²) in [5, 5.41) is 8.15. The summed E-state index contributed by atoms with van der Waals surface area (Å²) >= 11 is 9.16. The first-order chi connectivity index (χ1) is 7.70. The molecule has 0 fully saturated rings. The molecule has 0 aliphatic rings. The Morgan fingerprint density at radius 2 is 2.25 bits per heavy atom. The molecule has 16 heavy (non-hydrogen) atoms. The number of benzene rings is 1. The zero-order valence-electron chi connectivity index (χ0n) is 8.82. The van der Waals surface area contributed by atoms with Crippen LogP contribution in [0.15, 0.2) is 28.9 Å². The van der Waals surface area contributed by atoms with Crippen LogP contribution in [0.2, 0.25) is 0 Å². The Morgan fingerprint density at radius 1 is 1.44 bits per heavy atom. The van der Waals surface area contributed by atoms with Crippen LogP contribution in [-0.2, 0) is 6.42 Å². The molecule has 3 nitrogen and oxygen atoms in total. The van der Waals surface area contributed by atoms with Crippen LogP contribution in [0.4, 0.5) is 0 Å². The minimum absolute atomic E-state index is 0.563. The Bertz CT molecular complexity index is 496. The van der Waals surface area contributed by atoms with Gasteiger partial charge >= 0.3 is 0 Å². The second kappa shape index (κ2) is 4.97. The zero-order chi connectivity index (χ0) is 11.5. The van der Waals surface area contributed by atoms with Gasteiger partial charge in [0.2, 0.25) is 0 Å². The van der Waals surface area contributed by atoms with Gasteiger partial charge in [0.1, 0.15) is 0 Å². The number of alkyl halides is 1. The van der Waals surface area contributed by atoms with Crippen molar-refractivity contribution in [3.63, 3.8) is 0 Å². The number of hydrogen-bond donors (Lipinski definition) is 0. The van der Waals surface area contributed by atoms with Gasteiger partial charge in [-0.25, -0.2) is 4.68 Å². The lowest BCUT2D eigenvalue weighted by Crippen LogP contribution is -1.96. The average Bonchev–Trinajstić information content (AvgIpc) is 2.71. The van der Waals surface area contributed by atoms with Gasteiger partial charge in [-0.3, -0.25) is 0 Å². The quantitative estimate of drug-likeness (QED) is 0.815. The van der Waals surface area contributed by atoms with E-state index in [-0.39, 0.29) is 0 Å². The summed E-state index contributed by atoms with van der Waals surface area (Å²) in [4.78, 5) is 0. The van der Waals surface area contributed by atoms with Crippen molar-refractivity contribution in [2.45, 2.75) is 13.3 Å². The lowest BCUT2D eigenvalue weighted by molar-refractivity contribution is 0.794. The fourth-order valence-electron chi connectivity index (χ4n) is 1.43. The highest BCUT2D eigenvalue weighted by atomic mass is 79.9. The molecule has 1 heterocycles. The predicted molar refractivity (Wildman–Crippen MR) is 68.2 cm³/mol. The van der Waals surface area contributed by atoms with Crippen molar-refractivity contribution in [1.82, 2.24) is 15.0 Å². The van der Waals surface area contributed by atoms with Gasteiger partial charge in [-0.1, -0.05) is 11.3 Å². The number of nitrogens with zero attached hydrogens (tertiary/aromatic N) is 3. The predicted octanol–water partition coefficient (Wildman–Crippen LogP) is 3.12. The first kappa shape index (κ1) is 11.6. The Kier molecular flexibility index (Phi) is 3.61. The van der Waals surface area contributed by atoms with E-state index in [1.165, 1.54) is 5.56 Å². The highest BCUT2D eigenvalue weighted by Gasteiger charge is 2.06. The van der Waals surface area contributed by atoms with E-state index >= 15 is 0 Å². The zero-order valence-corrected chi connectivity index (χ0v) is 11.2. The molecular weight excluding hydrogens is 289 g/mol. The molecule has 0 bridgehead atoms. The molecule has 0 saturated heterocycles. The number of halogens is 2. The van der Waals surface area contributed by atoms with Crippen LogP contribution in [0.1, 0.15) is 11.3 Å². The first-order valence-electron chi connectivity index (χ1n) is 4.94. The number of aryl methyl sites for hydroxylation is 2. The van der Waals surface area contributed by atoms with Crippen molar-refractivity contribution in [2.24, 2.45) is 0 Å². The highest BCUT2D eigenvalue weighted by molar-refractivity contribution is 9.10. The molecule has 0 saturated carbocycles. The summed E-state index contributed by atoms with van der Waals surface area (Å²) in [7, 11) is 0. The third-order valence-corrected chi connectivity index (χ3v) is 3.10. The third kappa shape index (κ3) is 2.44. The van der Waals surface area contributed by atoms with Crippen LogP contribution in [0.25, 0.3) is 5.69 Å². The Labute approximate surface area is 108 Å². The van der Waals surface area contributed by atoms with E-state index in [0.717, 1.165) is 22.3 Å². The van der Waals surface area contributed by atoms with Gasteiger partial charge in [-0.15, -0.1) is 16.7 Å². The molecule has 0 radical (unpaired) electrons. The smallest absolute Gasteiger partial charge is 0.0843 e. The summed E-state index contributed by atoms with van der Waals surface area (Å²) < 4.78 is 2.76. The maximum atomic E-state index is 5.66. The molecule has 0 aliphatic carbocycles. The summed E-state index contributed by atoms with van der Waals surface area (Å²) in [5.41, 5.74) is 3.09. The third-order valence-electron chi connectivity index (χ3n) is 2.24. The monoisotopic (exact) mass is 299 g/mol. The van der Waals surface area contributed by atoms with Crippen LogP contribution >= 0.6 is 27.5 Å². The molecule has 0 amide bonds. The van der Waals surface area contributed by atoms with E-state index in [1.807, 2.05) is 25.3 Å². The van der Waals surface area contributed by atoms with Crippen LogP contribution < -0.4 is 0 Å². The molecule has 0 N–H and O–H groups in total. The van der Waals surface area contributed by atoms with Gasteiger partial charge < -0.3 is 0 Å². The molecule has 84 valence electrons. The van der Waals surface area contributed by atoms with Gasteiger partial charge in [0.05, 0.1) is 17.6 Å². The van der Waals surface area contributed by atoms with Crippen LogP contribution in [0.5, 0.6) is 0 Å². The van der Waals surface area contributed by atoms with Crippen molar-refractivity contribution in [1.29, 1.82) is 0 Å². The molecule has 0 aliphatic heterocycles. The Morgan fingerprint density at radius 3 is 3.00 bits per heavy atom. The van der Waals surface area contributed by atoms with Gasteiger partial charge in [0, 0.05) is 16.8 Å². The first-order valence-corrected chi connectivity index (χ1v) is 6.27. The Balaban J connectivity index is 2.38. The minimum atomic E-state index is 0.563. The van der Waals surface area contributed by atoms with Gasteiger partial charge in [-0.2, -0.15) is 0 Å². The van der Waals surface area contributed by atoms with Crippen LogP contribution in [0, 0.1) is 6.92 Å². The molecule has 2 aromatic rings. The number of rotatable bonds is 3. The van der Waals surface area contributed by atoms with E-state index in [9.17, 15) is 0 Å². The van der Waals surface area contributed by atoms with Crippen molar-refractivity contribution in [2.75, 3.05) is 5.88 Å². The normalized spacial score (nSPS) is 10.7. The van der Waals surface area contributed by atoms with E-state index in [2.05, 4.69) is 32.3 Å². The fourth-order valence-corrected chi connectivity index (χ4v) is 2.05. The molecular formula is C11H11BrClN3. The maximum Gasteiger partial charge on any atom is 0.0843 e. The molecule has 1 aromatic heterocycles. The second-order valence-corrected chi connectivity index (χ2v) is 4.78. The van der Waals surface area contributed by atoms with E-state index in [4.69, 9.17) is 11.6 Å². The lowest BCUT2D eigenvalue weighted by Gasteiger charge is -2.04. The van der Waals surface area contributed by atoms with Crippen LogP contribution in [-0.4, -0.2) is 20.9 Å². The second-order valence-electron chi connectivity index (χ2n) is 3.55. The van der Waals surface area contributed by atoms with Crippen molar-refractivity contribution in [3.8, 4) is 5.69 Å². The number of aromatic nitrogens is 3. The summed E-state index contributed by atoms with van der Waals surface area (Å²) in [5.74, 6) is 0.563. The topological polar surface area (TPSA) is 30.7 Å². The van der Waals surface area contributed by atoms with Gasteiger partial charge in [0.25, 0.3) is 0 Å². The summed E-state index contributed by atoms with van der Waals surface area (Å²) in [6, 6.07) is 6.11. The van der Waals surface area contributed by atoms with Crippen LogP contribution in [0.3, 0.4) is 0 Å². The van der Waals surface area contributed by atoms with Crippen molar-refractivity contribution in [3.05, 3.63) is 40.1 Å². The van der Waals surface area contributed by atoms with Crippen molar-refractivity contribution >= 4 is 27.5 Å². The summed E-state index contributed by atoms with van der Waals surface area (Å²) in [6.45, 7) is 2.05. The Hall–Kier alpha value is -0.870. The van der Waals surface area contributed by atoms with E-state index in [1.54, 1.807) is 4.68 Å². The summed E-state index contributed by atoms with van der Waals surface area (Å²) in [6.07, 6.45) is 2.65. The molecule has 0 unspecified atom stereocenters. The lowest BCUT2D eigenvalue weighted by atomic mass is 10.2. The molecule has 0 atom stereocenters. The average molecular weight is 301 g/mol.